The van der Waals surface area contributed by atoms with Crippen molar-refractivity contribution in [3.8, 4) is 0 Å². The van der Waals surface area contributed by atoms with Gasteiger partial charge in [0.05, 0.1) is 5.69 Å². The van der Waals surface area contributed by atoms with Crippen LogP contribution in [0.3, 0.4) is 0 Å². The van der Waals surface area contributed by atoms with Gasteiger partial charge in [0, 0.05) is 64.9 Å². The molecule has 1 aliphatic carbocycles. The zero-order valence-electron chi connectivity index (χ0n) is 20.1. The second-order valence-electron chi connectivity index (χ2n) is 9.53. The van der Waals surface area contributed by atoms with Crippen LogP contribution in [0.5, 0.6) is 0 Å². The smallest absolute Gasteiger partial charge is 0.191 e. The van der Waals surface area contributed by atoms with E-state index in [1.807, 2.05) is 19.2 Å². The monoisotopic (exact) mass is 572 g/mol. The SMILES string of the molecule is CN=C(NCCCN1CCN(c2ccccc2F)CC1)NC1CCN(C2CCCC2)CC1.I. The predicted molar refractivity (Wildman–Crippen MR) is 146 cm³/mol. The van der Waals surface area contributed by atoms with E-state index in [9.17, 15) is 4.39 Å². The Hall–Kier alpha value is -1.13. The summed E-state index contributed by atoms with van der Waals surface area (Å²) in [4.78, 5) is 11.8. The normalized spacial score (nSPS) is 21.8. The number of benzene rings is 1. The molecule has 0 spiro atoms. The molecule has 8 heteroatoms. The maximum absolute atomic E-state index is 14.0. The quantitative estimate of drug-likeness (QED) is 0.227. The molecular weight excluding hydrogens is 530 g/mol. The van der Waals surface area contributed by atoms with Crippen LogP contribution in [0.2, 0.25) is 0 Å². The molecule has 1 aromatic rings. The topological polar surface area (TPSA) is 46.1 Å². The first-order valence-electron chi connectivity index (χ1n) is 12.7. The summed E-state index contributed by atoms with van der Waals surface area (Å²) in [5.41, 5.74) is 0.734. The summed E-state index contributed by atoms with van der Waals surface area (Å²) >= 11 is 0. The van der Waals surface area contributed by atoms with Gasteiger partial charge in [0.15, 0.2) is 5.96 Å². The van der Waals surface area contributed by atoms with Crippen molar-refractivity contribution in [2.75, 3.05) is 64.3 Å². The molecule has 6 nitrogen and oxygen atoms in total. The fraction of sp³-hybridized carbons (Fsp3) is 0.720. The van der Waals surface area contributed by atoms with Crippen molar-refractivity contribution in [2.24, 2.45) is 4.99 Å². The Morgan fingerprint density at radius 2 is 1.70 bits per heavy atom. The lowest BCUT2D eigenvalue weighted by molar-refractivity contribution is 0.150. The van der Waals surface area contributed by atoms with Crippen molar-refractivity contribution in [1.82, 2.24) is 20.4 Å². The average molecular weight is 573 g/mol. The highest BCUT2D eigenvalue weighted by atomic mass is 127. The van der Waals surface area contributed by atoms with Gasteiger partial charge in [-0.3, -0.25) is 9.89 Å². The summed E-state index contributed by atoms with van der Waals surface area (Å²) in [6.07, 6.45) is 9.15. The minimum atomic E-state index is -0.117. The third-order valence-corrected chi connectivity index (χ3v) is 7.44. The molecule has 0 aromatic heterocycles. The van der Waals surface area contributed by atoms with Crippen molar-refractivity contribution in [3.63, 3.8) is 0 Å². The summed E-state index contributed by atoms with van der Waals surface area (Å²) in [7, 11) is 1.87. The Morgan fingerprint density at radius 3 is 2.36 bits per heavy atom. The van der Waals surface area contributed by atoms with E-state index < -0.39 is 0 Å². The molecule has 2 heterocycles. The average Bonchev–Trinajstić information content (AvgIpc) is 3.37. The number of likely N-dealkylation sites (tertiary alicyclic amines) is 1. The molecular formula is C25H42FIN6. The largest absolute Gasteiger partial charge is 0.367 e. The molecule has 4 rings (SSSR count). The van der Waals surface area contributed by atoms with Gasteiger partial charge >= 0.3 is 0 Å². The lowest BCUT2D eigenvalue weighted by Crippen LogP contribution is -2.50. The number of rotatable bonds is 7. The van der Waals surface area contributed by atoms with Crippen LogP contribution in [0.4, 0.5) is 10.1 Å². The van der Waals surface area contributed by atoms with Crippen LogP contribution in [0, 0.1) is 5.82 Å². The number of nitrogens with one attached hydrogen (secondary N) is 2. The molecule has 33 heavy (non-hydrogen) atoms. The van der Waals surface area contributed by atoms with Gasteiger partial charge in [0.2, 0.25) is 0 Å². The third-order valence-electron chi connectivity index (χ3n) is 7.44. The maximum Gasteiger partial charge on any atom is 0.191 e. The highest BCUT2D eigenvalue weighted by molar-refractivity contribution is 14.0. The van der Waals surface area contributed by atoms with E-state index in [4.69, 9.17) is 0 Å². The second-order valence-corrected chi connectivity index (χ2v) is 9.53. The standard InChI is InChI=1S/C25H41FN6.HI/c1-27-25(29-21-11-15-31(16-12-21)22-7-2-3-8-22)28-13-6-14-30-17-19-32(20-18-30)24-10-5-4-9-23(24)26;/h4-5,9-10,21-22H,2-3,6-8,11-20H2,1H3,(H2,27,28,29);1H. The molecule has 186 valence electrons. The van der Waals surface area contributed by atoms with Crippen LogP contribution < -0.4 is 15.5 Å². The number of anilines is 1. The minimum absolute atomic E-state index is 0. The number of piperidine rings is 1. The van der Waals surface area contributed by atoms with Crippen molar-refractivity contribution in [2.45, 2.75) is 57.0 Å². The minimum Gasteiger partial charge on any atom is -0.367 e. The fourth-order valence-corrected chi connectivity index (χ4v) is 5.50. The van der Waals surface area contributed by atoms with E-state index in [1.54, 1.807) is 12.1 Å². The summed E-state index contributed by atoms with van der Waals surface area (Å²) in [6, 6.07) is 8.48. The number of halogens is 2. The lowest BCUT2D eigenvalue weighted by Gasteiger charge is -2.37. The summed E-state index contributed by atoms with van der Waals surface area (Å²) in [5.74, 6) is 0.821. The van der Waals surface area contributed by atoms with Crippen LogP contribution in [0.15, 0.2) is 29.3 Å². The Morgan fingerprint density at radius 1 is 1.00 bits per heavy atom. The molecule has 1 saturated carbocycles. The number of piperazine rings is 1. The predicted octanol–water partition coefficient (Wildman–Crippen LogP) is 3.53. The molecule has 0 amide bonds. The Balaban J connectivity index is 0.00000306. The highest BCUT2D eigenvalue weighted by Gasteiger charge is 2.27. The van der Waals surface area contributed by atoms with Crippen molar-refractivity contribution in [3.05, 3.63) is 30.1 Å². The lowest BCUT2D eigenvalue weighted by atomic mass is 10.0. The number of para-hydroxylation sites is 1. The third kappa shape index (κ3) is 7.68. The zero-order chi connectivity index (χ0) is 22.2. The molecule has 2 N–H and O–H groups in total. The first-order chi connectivity index (χ1) is 15.7. The molecule has 0 unspecified atom stereocenters. The van der Waals surface area contributed by atoms with Gasteiger partial charge < -0.3 is 20.4 Å². The highest BCUT2D eigenvalue weighted by Crippen LogP contribution is 2.26. The van der Waals surface area contributed by atoms with Crippen LogP contribution in [-0.2, 0) is 0 Å². The van der Waals surface area contributed by atoms with Gasteiger partial charge in [-0.25, -0.2) is 4.39 Å². The van der Waals surface area contributed by atoms with E-state index in [-0.39, 0.29) is 29.8 Å². The first-order valence-corrected chi connectivity index (χ1v) is 12.7. The molecule has 0 radical (unpaired) electrons. The Kier molecular flexibility index (Phi) is 11.0. The van der Waals surface area contributed by atoms with Crippen molar-refractivity contribution in [1.29, 1.82) is 0 Å². The molecule has 0 atom stereocenters. The first kappa shape index (κ1) is 26.5. The van der Waals surface area contributed by atoms with Gasteiger partial charge in [-0.05, 0) is 50.8 Å². The Labute approximate surface area is 216 Å². The second kappa shape index (κ2) is 13.7. The van der Waals surface area contributed by atoms with Crippen LogP contribution >= 0.6 is 24.0 Å². The molecule has 2 aliphatic heterocycles. The van der Waals surface area contributed by atoms with E-state index in [1.165, 1.54) is 51.6 Å². The molecule has 3 fully saturated rings. The van der Waals surface area contributed by atoms with Crippen LogP contribution in [0.25, 0.3) is 0 Å². The van der Waals surface area contributed by atoms with E-state index in [0.29, 0.717) is 6.04 Å². The molecule has 2 saturated heterocycles. The van der Waals surface area contributed by atoms with Gasteiger partial charge in [-0.15, -0.1) is 24.0 Å². The van der Waals surface area contributed by atoms with E-state index in [0.717, 1.165) is 63.4 Å². The maximum atomic E-state index is 14.0. The zero-order valence-corrected chi connectivity index (χ0v) is 22.5. The van der Waals surface area contributed by atoms with Crippen LogP contribution in [0.1, 0.15) is 44.9 Å². The fourth-order valence-electron chi connectivity index (χ4n) is 5.50. The summed E-state index contributed by atoms with van der Waals surface area (Å²) < 4.78 is 14.0. The van der Waals surface area contributed by atoms with Gasteiger partial charge in [0.1, 0.15) is 5.82 Å². The number of hydrogen-bond acceptors (Lipinski definition) is 4. The van der Waals surface area contributed by atoms with Crippen molar-refractivity contribution >= 4 is 35.6 Å². The number of guanidine groups is 1. The van der Waals surface area contributed by atoms with Gasteiger partial charge in [-0.1, -0.05) is 25.0 Å². The summed E-state index contributed by atoms with van der Waals surface area (Å²) in [5, 5.41) is 7.14. The van der Waals surface area contributed by atoms with Gasteiger partial charge in [0.25, 0.3) is 0 Å². The molecule has 1 aromatic carbocycles. The van der Waals surface area contributed by atoms with Crippen LogP contribution in [-0.4, -0.2) is 87.2 Å². The molecule has 3 aliphatic rings. The number of aliphatic imine (C=N–C) groups is 1. The molecule has 0 bridgehead atoms. The Bertz CT molecular complexity index is 725. The summed E-state index contributed by atoms with van der Waals surface area (Å²) in [6.45, 7) is 8.18. The van der Waals surface area contributed by atoms with E-state index >= 15 is 0 Å². The van der Waals surface area contributed by atoms with E-state index in [2.05, 4.69) is 30.3 Å². The number of nitrogens with zero attached hydrogens (tertiary/aromatic N) is 4. The van der Waals surface area contributed by atoms with Crippen molar-refractivity contribution < 1.29 is 4.39 Å². The van der Waals surface area contributed by atoms with Gasteiger partial charge in [-0.2, -0.15) is 0 Å². The number of hydrogen-bond donors (Lipinski definition) is 2.